The van der Waals surface area contributed by atoms with Gasteiger partial charge in [-0.15, -0.1) is 0 Å². The molecule has 2 nitrogen and oxygen atoms in total. The Kier molecular flexibility index (Phi) is 4.36. The monoisotopic (exact) mass is 307 g/mol. The Balaban J connectivity index is 2.41. The van der Waals surface area contributed by atoms with Crippen molar-refractivity contribution in [1.82, 2.24) is 0 Å². The molecule has 0 radical (unpaired) electrons. The molecule has 20 heavy (non-hydrogen) atoms. The minimum Gasteiger partial charge on any atom is -0.507 e. The highest BCUT2D eigenvalue weighted by Gasteiger charge is 2.09. The number of rotatable bonds is 2. The van der Waals surface area contributed by atoms with Crippen LogP contribution in [0.2, 0.25) is 10.0 Å². The smallest absolute Gasteiger partial charge is 0.124 e. The summed E-state index contributed by atoms with van der Waals surface area (Å²) in [5.74, 6) is 0.173. The topological polar surface area (TPSA) is 32.6 Å². The van der Waals surface area contributed by atoms with Gasteiger partial charge >= 0.3 is 0 Å². The van der Waals surface area contributed by atoms with Crippen molar-refractivity contribution in [3.63, 3.8) is 0 Å². The van der Waals surface area contributed by atoms with Crippen molar-refractivity contribution >= 4 is 35.1 Å². The van der Waals surface area contributed by atoms with Gasteiger partial charge < -0.3 is 5.11 Å². The molecule has 0 heterocycles. The molecule has 2 aromatic rings. The Morgan fingerprint density at radius 2 is 1.75 bits per heavy atom. The Hall–Kier alpha value is -1.51. The van der Waals surface area contributed by atoms with Gasteiger partial charge in [-0.05, 0) is 55.7 Å². The maximum absolute atomic E-state index is 10.00. The number of nitrogens with zero attached hydrogens (tertiary/aromatic N) is 1. The van der Waals surface area contributed by atoms with Crippen LogP contribution in [0.3, 0.4) is 0 Å². The predicted octanol–water partition coefficient (Wildman–Crippen LogP) is 5.37. The van der Waals surface area contributed by atoms with Gasteiger partial charge in [0.2, 0.25) is 0 Å². The van der Waals surface area contributed by atoms with Gasteiger partial charge in [-0.2, -0.15) is 0 Å². The zero-order chi connectivity index (χ0) is 14.9. The van der Waals surface area contributed by atoms with Crippen molar-refractivity contribution in [3.05, 3.63) is 56.6 Å². The molecular weight excluding hydrogens is 293 g/mol. The van der Waals surface area contributed by atoms with Gasteiger partial charge in [0.15, 0.2) is 0 Å². The van der Waals surface area contributed by atoms with Gasteiger partial charge in [-0.3, -0.25) is 4.99 Å². The third-order valence-corrected chi connectivity index (χ3v) is 4.20. The first-order valence-electron chi connectivity index (χ1n) is 6.19. The largest absolute Gasteiger partial charge is 0.507 e. The zero-order valence-corrected chi connectivity index (χ0v) is 13.0. The third-order valence-electron chi connectivity index (χ3n) is 3.21. The van der Waals surface area contributed by atoms with E-state index >= 15 is 0 Å². The molecule has 0 saturated carbocycles. The maximum Gasteiger partial charge on any atom is 0.124 e. The lowest BCUT2D eigenvalue weighted by Gasteiger charge is -2.08. The molecule has 0 aliphatic rings. The summed E-state index contributed by atoms with van der Waals surface area (Å²) in [5.41, 5.74) is 4.01. The quantitative estimate of drug-likeness (QED) is 0.743. The molecular formula is C16H15Cl2NO. The number of aliphatic imine (C=N–C) groups is 1. The fourth-order valence-corrected chi connectivity index (χ4v) is 2.25. The number of aromatic hydroxyl groups is 1. The van der Waals surface area contributed by atoms with Gasteiger partial charge in [-0.25, -0.2) is 0 Å². The summed E-state index contributed by atoms with van der Waals surface area (Å²) in [6.07, 6.45) is 1.61. The maximum atomic E-state index is 10.00. The second-order valence-corrected chi connectivity index (χ2v) is 5.54. The van der Waals surface area contributed by atoms with E-state index in [-0.39, 0.29) is 5.75 Å². The minimum atomic E-state index is 0.173. The van der Waals surface area contributed by atoms with Crippen molar-refractivity contribution in [1.29, 1.82) is 0 Å². The summed E-state index contributed by atoms with van der Waals surface area (Å²) in [4.78, 5) is 4.34. The summed E-state index contributed by atoms with van der Waals surface area (Å²) in [7, 11) is 0. The number of phenols is 1. The standard InChI is InChI=1S/C16H15Cl2NO/c1-9-4-5-12(7-14(9)17)19-8-13-11(3)16(18)10(2)6-15(13)20/h4-8,20H,1-3H3. The number of aryl methyl sites for hydroxylation is 2. The van der Waals surface area contributed by atoms with Gasteiger partial charge in [-0.1, -0.05) is 29.3 Å². The van der Waals surface area contributed by atoms with Gasteiger partial charge in [0.1, 0.15) is 5.75 Å². The normalized spacial score (nSPS) is 11.2. The molecule has 104 valence electrons. The van der Waals surface area contributed by atoms with Crippen molar-refractivity contribution in [2.75, 3.05) is 0 Å². The van der Waals surface area contributed by atoms with Gasteiger partial charge in [0.05, 0.1) is 5.69 Å². The van der Waals surface area contributed by atoms with Gasteiger partial charge in [0.25, 0.3) is 0 Å². The van der Waals surface area contributed by atoms with E-state index in [9.17, 15) is 5.11 Å². The number of hydrogen-bond acceptors (Lipinski definition) is 2. The van der Waals surface area contributed by atoms with E-state index in [1.807, 2.05) is 32.9 Å². The summed E-state index contributed by atoms with van der Waals surface area (Å²) in [6, 6.07) is 7.21. The highest BCUT2D eigenvalue weighted by molar-refractivity contribution is 6.32. The van der Waals surface area contributed by atoms with Crippen molar-refractivity contribution in [2.24, 2.45) is 4.99 Å². The lowest BCUT2D eigenvalue weighted by molar-refractivity contribution is 0.473. The average molecular weight is 308 g/mol. The average Bonchev–Trinajstić information content (AvgIpc) is 2.40. The molecule has 4 heteroatoms. The summed E-state index contributed by atoms with van der Waals surface area (Å²) < 4.78 is 0. The van der Waals surface area contributed by atoms with Crippen molar-refractivity contribution < 1.29 is 5.11 Å². The second-order valence-electron chi connectivity index (χ2n) is 4.76. The van der Waals surface area contributed by atoms with Crippen LogP contribution in [0, 0.1) is 20.8 Å². The second kappa shape index (κ2) is 5.86. The van der Waals surface area contributed by atoms with Crippen LogP contribution < -0.4 is 0 Å². The first-order chi connectivity index (χ1) is 9.40. The predicted molar refractivity (Wildman–Crippen MR) is 86.0 cm³/mol. The SMILES string of the molecule is Cc1ccc(N=Cc2c(O)cc(C)c(Cl)c2C)cc1Cl. The van der Waals surface area contributed by atoms with Crippen LogP contribution >= 0.6 is 23.2 Å². The fourth-order valence-electron chi connectivity index (χ4n) is 1.92. The number of hydrogen-bond donors (Lipinski definition) is 1. The van der Waals surface area contributed by atoms with Crippen LogP contribution in [0.25, 0.3) is 0 Å². The highest BCUT2D eigenvalue weighted by Crippen LogP contribution is 2.30. The van der Waals surface area contributed by atoms with Crippen LogP contribution in [0.4, 0.5) is 5.69 Å². The molecule has 2 rings (SSSR count). The molecule has 0 fully saturated rings. The molecule has 0 aromatic heterocycles. The Morgan fingerprint density at radius 3 is 2.40 bits per heavy atom. The number of halogens is 2. The fraction of sp³-hybridized carbons (Fsp3) is 0.188. The van der Waals surface area contributed by atoms with Crippen LogP contribution in [-0.2, 0) is 0 Å². The molecule has 0 aliphatic heterocycles. The first kappa shape index (κ1) is 14.9. The van der Waals surface area contributed by atoms with Crippen molar-refractivity contribution in [2.45, 2.75) is 20.8 Å². The molecule has 0 unspecified atom stereocenters. The van der Waals surface area contributed by atoms with Crippen LogP contribution in [-0.4, -0.2) is 11.3 Å². The van der Waals surface area contributed by atoms with E-state index in [1.54, 1.807) is 18.3 Å². The van der Waals surface area contributed by atoms with Crippen LogP contribution in [0.5, 0.6) is 5.75 Å². The molecule has 0 bridgehead atoms. The Bertz CT molecular complexity index is 693. The summed E-state index contributed by atoms with van der Waals surface area (Å²) in [6.45, 7) is 5.65. The molecule has 2 aromatic carbocycles. The van der Waals surface area contributed by atoms with E-state index in [0.717, 1.165) is 22.4 Å². The van der Waals surface area contributed by atoms with E-state index < -0.39 is 0 Å². The summed E-state index contributed by atoms with van der Waals surface area (Å²) in [5, 5.41) is 11.3. The number of phenolic OH excluding ortho intramolecular Hbond substituents is 1. The minimum absolute atomic E-state index is 0.173. The lowest BCUT2D eigenvalue weighted by Crippen LogP contribution is -1.92. The van der Waals surface area contributed by atoms with E-state index in [1.165, 1.54) is 0 Å². The van der Waals surface area contributed by atoms with E-state index in [0.29, 0.717) is 15.6 Å². The third kappa shape index (κ3) is 2.97. The highest BCUT2D eigenvalue weighted by atomic mass is 35.5. The molecule has 0 saturated heterocycles. The molecule has 1 N–H and O–H groups in total. The molecule has 0 atom stereocenters. The number of benzene rings is 2. The Morgan fingerprint density at radius 1 is 1.05 bits per heavy atom. The zero-order valence-electron chi connectivity index (χ0n) is 11.5. The molecule has 0 spiro atoms. The van der Waals surface area contributed by atoms with Crippen molar-refractivity contribution in [3.8, 4) is 5.75 Å². The van der Waals surface area contributed by atoms with E-state index in [2.05, 4.69) is 4.99 Å². The van der Waals surface area contributed by atoms with Crippen LogP contribution in [0.1, 0.15) is 22.3 Å². The molecule has 0 aliphatic carbocycles. The lowest BCUT2D eigenvalue weighted by atomic mass is 10.0. The van der Waals surface area contributed by atoms with Crippen LogP contribution in [0.15, 0.2) is 29.3 Å². The van der Waals surface area contributed by atoms with E-state index in [4.69, 9.17) is 23.2 Å². The molecule has 0 amide bonds. The first-order valence-corrected chi connectivity index (χ1v) is 6.94. The van der Waals surface area contributed by atoms with Gasteiger partial charge in [0, 0.05) is 21.8 Å². The Labute approximate surface area is 128 Å². The summed E-state index contributed by atoms with van der Waals surface area (Å²) >= 11 is 12.2.